The summed E-state index contributed by atoms with van der Waals surface area (Å²) in [5.41, 5.74) is 0. The molecular weight excluding hydrogens is 178 g/mol. The first kappa shape index (κ1) is 9.12. The van der Waals surface area contributed by atoms with Crippen molar-refractivity contribution in [3.63, 3.8) is 0 Å². The SMILES string of the molecule is C/C=C1/NC(=O)C(CC(=O)O)S1. The molecule has 66 valence electrons. The molecular formula is C7H9NO3S. The van der Waals surface area contributed by atoms with Gasteiger partial charge in [0.05, 0.1) is 11.4 Å². The lowest BCUT2D eigenvalue weighted by molar-refractivity contribution is -0.138. The molecule has 1 amide bonds. The molecule has 0 radical (unpaired) electrons. The predicted octanol–water partition coefficient (Wildman–Crippen LogP) is 0.554. The van der Waals surface area contributed by atoms with E-state index in [1.54, 1.807) is 13.0 Å². The molecule has 1 rings (SSSR count). The number of amides is 1. The fourth-order valence-corrected chi connectivity index (χ4v) is 1.87. The molecule has 1 aliphatic heterocycles. The van der Waals surface area contributed by atoms with Gasteiger partial charge in [0.15, 0.2) is 0 Å². The molecule has 0 aromatic carbocycles. The number of carbonyl (C=O) groups is 2. The number of carbonyl (C=O) groups excluding carboxylic acids is 1. The van der Waals surface area contributed by atoms with Crippen molar-refractivity contribution >= 4 is 23.6 Å². The Labute approximate surface area is 74.0 Å². The maximum absolute atomic E-state index is 11.0. The Hall–Kier alpha value is -0.970. The van der Waals surface area contributed by atoms with E-state index in [-0.39, 0.29) is 12.3 Å². The van der Waals surface area contributed by atoms with Crippen molar-refractivity contribution in [2.24, 2.45) is 0 Å². The van der Waals surface area contributed by atoms with E-state index in [1.165, 1.54) is 11.8 Å². The molecule has 1 atom stereocenters. The summed E-state index contributed by atoms with van der Waals surface area (Å²) in [6.07, 6.45) is 1.64. The molecule has 1 saturated heterocycles. The van der Waals surface area contributed by atoms with E-state index in [4.69, 9.17) is 5.11 Å². The summed E-state index contributed by atoms with van der Waals surface area (Å²) < 4.78 is 0. The van der Waals surface area contributed by atoms with Gasteiger partial charge in [-0.05, 0) is 6.92 Å². The van der Waals surface area contributed by atoms with Crippen LogP contribution in [0.2, 0.25) is 0 Å². The smallest absolute Gasteiger partial charge is 0.305 e. The van der Waals surface area contributed by atoms with Gasteiger partial charge in [-0.2, -0.15) is 0 Å². The van der Waals surface area contributed by atoms with Crippen LogP contribution in [0, 0.1) is 0 Å². The number of nitrogens with one attached hydrogen (secondary N) is 1. The van der Waals surface area contributed by atoms with E-state index in [0.717, 1.165) is 5.03 Å². The largest absolute Gasteiger partial charge is 0.481 e. The van der Waals surface area contributed by atoms with Crippen molar-refractivity contribution < 1.29 is 14.7 Å². The molecule has 2 N–H and O–H groups in total. The Balaban J connectivity index is 2.58. The minimum atomic E-state index is -0.944. The lowest BCUT2D eigenvalue weighted by Gasteiger charge is -1.98. The van der Waals surface area contributed by atoms with E-state index in [2.05, 4.69) is 5.32 Å². The van der Waals surface area contributed by atoms with Crippen LogP contribution < -0.4 is 5.32 Å². The third-order valence-corrected chi connectivity index (χ3v) is 2.69. The van der Waals surface area contributed by atoms with E-state index < -0.39 is 11.2 Å². The molecule has 0 bridgehead atoms. The summed E-state index contributed by atoms with van der Waals surface area (Å²) in [6.45, 7) is 1.80. The van der Waals surface area contributed by atoms with Crippen LogP contribution >= 0.6 is 11.8 Å². The molecule has 1 heterocycles. The second-order valence-electron chi connectivity index (χ2n) is 2.35. The van der Waals surface area contributed by atoms with Crippen LogP contribution in [-0.2, 0) is 9.59 Å². The number of carboxylic acid groups (broad SMARTS) is 1. The minimum absolute atomic E-state index is 0.117. The topological polar surface area (TPSA) is 66.4 Å². The highest BCUT2D eigenvalue weighted by Gasteiger charge is 2.30. The Bertz CT molecular complexity index is 249. The van der Waals surface area contributed by atoms with E-state index >= 15 is 0 Å². The van der Waals surface area contributed by atoms with Crippen LogP contribution in [0.15, 0.2) is 11.1 Å². The molecule has 0 aromatic rings. The highest BCUT2D eigenvalue weighted by atomic mass is 32.2. The average Bonchev–Trinajstić information content (AvgIpc) is 2.31. The number of hydrogen-bond donors (Lipinski definition) is 2. The van der Waals surface area contributed by atoms with Gasteiger partial charge in [0, 0.05) is 0 Å². The predicted molar refractivity (Wildman–Crippen MR) is 45.5 cm³/mol. The van der Waals surface area contributed by atoms with Crippen molar-refractivity contribution in [1.29, 1.82) is 0 Å². The second-order valence-corrected chi connectivity index (χ2v) is 3.59. The van der Waals surface area contributed by atoms with Gasteiger partial charge < -0.3 is 10.4 Å². The van der Waals surface area contributed by atoms with Crippen LogP contribution in [0.1, 0.15) is 13.3 Å². The minimum Gasteiger partial charge on any atom is -0.481 e. The number of carboxylic acids is 1. The zero-order valence-electron chi connectivity index (χ0n) is 6.53. The lowest BCUT2D eigenvalue weighted by Crippen LogP contribution is -2.24. The molecule has 12 heavy (non-hydrogen) atoms. The van der Waals surface area contributed by atoms with Crippen LogP contribution in [0.25, 0.3) is 0 Å². The maximum Gasteiger partial charge on any atom is 0.305 e. The maximum atomic E-state index is 11.0. The highest BCUT2D eigenvalue weighted by molar-refractivity contribution is 8.04. The van der Waals surface area contributed by atoms with Crippen LogP contribution in [0.5, 0.6) is 0 Å². The van der Waals surface area contributed by atoms with E-state index in [1.807, 2.05) is 0 Å². The summed E-state index contributed by atoms with van der Waals surface area (Å²) >= 11 is 1.27. The lowest BCUT2D eigenvalue weighted by atomic mass is 10.3. The number of hydrogen-bond acceptors (Lipinski definition) is 3. The van der Waals surface area contributed by atoms with Gasteiger partial charge in [-0.3, -0.25) is 9.59 Å². The third kappa shape index (κ3) is 2.01. The fourth-order valence-electron chi connectivity index (χ4n) is 0.871. The molecule has 0 aromatic heterocycles. The monoisotopic (exact) mass is 187 g/mol. The van der Waals surface area contributed by atoms with Gasteiger partial charge in [-0.1, -0.05) is 17.8 Å². The first-order chi connectivity index (χ1) is 5.63. The van der Waals surface area contributed by atoms with Crippen molar-refractivity contribution in [3.8, 4) is 0 Å². The van der Waals surface area contributed by atoms with Gasteiger partial charge in [-0.25, -0.2) is 0 Å². The van der Waals surface area contributed by atoms with E-state index in [9.17, 15) is 9.59 Å². The Morgan fingerprint density at radius 3 is 2.92 bits per heavy atom. The summed E-state index contributed by atoms with van der Waals surface area (Å²) in [4.78, 5) is 21.3. The normalized spacial score (nSPS) is 25.9. The molecule has 4 nitrogen and oxygen atoms in total. The first-order valence-corrected chi connectivity index (χ1v) is 4.37. The van der Waals surface area contributed by atoms with Crippen LogP contribution in [0.3, 0.4) is 0 Å². The number of allylic oxidation sites excluding steroid dienone is 1. The standard InChI is InChI=1S/C7H9NO3S/c1-2-5-8-7(11)4(12-5)3-6(9)10/h2,4H,3H2,1H3,(H,8,11)(H,9,10)/b5-2-. The van der Waals surface area contributed by atoms with Gasteiger partial charge in [-0.15, -0.1) is 0 Å². The molecule has 1 fully saturated rings. The second kappa shape index (κ2) is 3.62. The number of rotatable bonds is 2. The van der Waals surface area contributed by atoms with Crippen LogP contribution in [0.4, 0.5) is 0 Å². The van der Waals surface area contributed by atoms with Gasteiger partial charge >= 0.3 is 5.97 Å². The van der Waals surface area contributed by atoms with Gasteiger partial charge in [0.25, 0.3) is 0 Å². The number of aliphatic carboxylic acids is 1. The van der Waals surface area contributed by atoms with Crippen molar-refractivity contribution in [2.45, 2.75) is 18.6 Å². The Morgan fingerprint density at radius 1 is 1.83 bits per heavy atom. The summed E-state index contributed by atoms with van der Waals surface area (Å²) in [6, 6.07) is 0. The molecule has 5 heteroatoms. The van der Waals surface area contributed by atoms with Crippen molar-refractivity contribution in [2.75, 3.05) is 0 Å². The zero-order chi connectivity index (χ0) is 9.14. The Morgan fingerprint density at radius 2 is 2.50 bits per heavy atom. The highest BCUT2D eigenvalue weighted by Crippen LogP contribution is 2.28. The van der Waals surface area contributed by atoms with E-state index in [0.29, 0.717) is 0 Å². The fraction of sp³-hybridized carbons (Fsp3) is 0.429. The molecule has 0 aliphatic carbocycles. The summed E-state index contributed by atoms with van der Waals surface area (Å²) in [7, 11) is 0. The molecule has 1 aliphatic rings. The summed E-state index contributed by atoms with van der Waals surface area (Å²) in [5, 5.41) is 11.3. The van der Waals surface area contributed by atoms with Gasteiger partial charge in [0.2, 0.25) is 5.91 Å². The van der Waals surface area contributed by atoms with Crippen molar-refractivity contribution in [1.82, 2.24) is 5.32 Å². The molecule has 1 unspecified atom stereocenters. The summed E-state index contributed by atoms with van der Waals surface area (Å²) in [5.74, 6) is -1.16. The quantitative estimate of drug-likeness (QED) is 0.662. The number of thioether (sulfide) groups is 1. The van der Waals surface area contributed by atoms with Gasteiger partial charge in [0.1, 0.15) is 5.25 Å². The van der Waals surface area contributed by atoms with Crippen LogP contribution in [-0.4, -0.2) is 22.2 Å². The average molecular weight is 187 g/mol. The zero-order valence-corrected chi connectivity index (χ0v) is 7.35. The first-order valence-electron chi connectivity index (χ1n) is 3.49. The van der Waals surface area contributed by atoms with Crippen molar-refractivity contribution in [3.05, 3.63) is 11.1 Å². The third-order valence-electron chi connectivity index (χ3n) is 1.43. The molecule has 0 spiro atoms. The molecule has 0 saturated carbocycles. The Kier molecular flexibility index (Phi) is 2.75.